The molecule has 4 nitrogen and oxygen atoms in total. The number of nitrogens with one attached hydrogen (secondary N) is 1. The quantitative estimate of drug-likeness (QED) is 0.918. The van der Waals surface area contributed by atoms with Gasteiger partial charge < -0.3 is 5.32 Å². The van der Waals surface area contributed by atoms with E-state index in [1.807, 2.05) is 23.6 Å². The van der Waals surface area contributed by atoms with Crippen molar-refractivity contribution in [1.29, 1.82) is 0 Å². The maximum atomic E-state index is 12.0. The molecule has 0 radical (unpaired) electrons. The molecule has 0 saturated carbocycles. The second-order valence-corrected chi connectivity index (χ2v) is 5.44. The van der Waals surface area contributed by atoms with Crippen molar-refractivity contribution in [2.24, 2.45) is 7.05 Å². The summed E-state index contributed by atoms with van der Waals surface area (Å²) in [6.45, 7) is 4.70. The van der Waals surface area contributed by atoms with Crippen molar-refractivity contribution >= 4 is 11.3 Å². The van der Waals surface area contributed by atoms with Crippen LogP contribution in [0.15, 0.2) is 28.4 Å². The molecule has 18 heavy (non-hydrogen) atoms. The van der Waals surface area contributed by atoms with Gasteiger partial charge in [0.2, 0.25) is 0 Å². The monoisotopic (exact) mass is 263 g/mol. The van der Waals surface area contributed by atoms with E-state index in [4.69, 9.17) is 0 Å². The first-order chi connectivity index (χ1) is 8.58. The van der Waals surface area contributed by atoms with Crippen molar-refractivity contribution in [3.05, 3.63) is 39.5 Å². The van der Waals surface area contributed by atoms with Crippen LogP contribution in [0.25, 0.3) is 10.6 Å². The van der Waals surface area contributed by atoms with Crippen LogP contribution in [0.2, 0.25) is 0 Å². The standard InChI is InChI=1S/C13H17N3OS/c1-9(2)14-8-10-7-11(12-5-4-6-18-12)15-16(3)13(10)17/h4-7,9,14H,8H2,1-3H3. The Labute approximate surface area is 110 Å². The summed E-state index contributed by atoms with van der Waals surface area (Å²) < 4.78 is 1.41. The minimum Gasteiger partial charge on any atom is -0.310 e. The highest BCUT2D eigenvalue weighted by Crippen LogP contribution is 2.21. The summed E-state index contributed by atoms with van der Waals surface area (Å²) in [4.78, 5) is 13.0. The van der Waals surface area contributed by atoms with E-state index in [9.17, 15) is 4.79 Å². The Hall–Kier alpha value is -1.46. The highest BCUT2D eigenvalue weighted by molar-refractivity contribution is 7.13. The van der Waals surface area contributed by atoms with Crippen molar-refractivity contribution in [3.63, 3.8) is 0 Å². The van der Waals surface area contributed by atoms with Gasteiger partial charge in [0.1, 0.15) is 5.69 Å². The average Bonchev–Trinajstić information content (AvgIpc) is 2.84. The van der Waals surface area contributed by atoms with Gasteiger partial charge >= 0.3 is 0 Å². The van der Waals surface area contributed by atoms with Crippen LogP contribution in [0, 0.1) is 0 Å². The summed E-state index contributed by atoms with van der Waals surface area (Å²) >= 11 is 1.63. The molecule has 0 fully saturated rings. The van der Waals surface area contributed by atoms with Gasteiger partial charge in [-0.1, -0.05) is 19.9 Å². The predicted molar refractivity (Wildman–Crippen MR) is 74.8 cm³/mol. The second-order valence-electron chi connectivity index (χ2n) is 4.50. The van der Waals surface area contributed by atoms with E-state index in [-0.39, 0.29) is 5.56 Å². The van der Waals surface area contributed by atoms with Gasteiger partial charge in [0.05, 0.1) is 4.88 Å². The van der Waals surface area contributed by atoms with E-state index < -0.39 is 0 Å². The van der Waals surface area contributed by atoms with E-state index in [1.54, 1.807) is 18.4 Å². The van der Waals surface area contributed by atoms with E-state index in [0.29, 0.717) is 12.6 Å². The van der Waals surface area contributed by atoms with Crippen LogP contribution in [0.5, 0.6) is 0 Å². The van der Waals surface area contributed by atoms with Crippen LogP contribution in [-0.4, -0.2) is 15.8 Å². The van der Waals surface area contributed by atoms with Crippen LogP contribution in [0.4, 0.5) is 0 Å². The van der Waals surface area contributed by atoms with Crippen molar-refractivity contribution in [1.82, 2.24) is 15.1 Å². The zero-order valence-electron chi connectivity index (χ0n) is 10.8. The summed E-state index contributed by atoms with van der Waals surface area (Å²) in [5.41, 5.74) is 1.57. The lowest BCUT2D eigenvalue weighted by Crippen LogP contribution is -2.30. The Balaban J connectivity index is 2.37. The first kappa shape index (κ1) is 13.0. The SMILES string of the molecule is CC(C)NCc1cc(-c2cccs2)nn(C)c1=O. The van der Waals surface area contributed by atoms with Gasteiger partial charge in [-0.2, -0.15) is 5.10 Å². The van der Waals surface area contributed by atoms with Crippen molar-refractivity contribution in [2.45, 2.75) is 26.4 Å². The molecule has 0 aliphatic heterocycles. The van der Waals surface area contributed by atoms with Crippen molar-refractivity contribution in [3.8, 4) is 10.6 Å². The van der Waals surface area contributed by atoms with E-state index in [2.05, 4.69) is 24.3 Å². The summed E-state index contributed by atoms with van der Waals surface area (Å²) in [5.74, 6) is 0. The molecule has 2 heterocycles. The number of hydrogen-bond donors (Lipinski definition) is 1. The maximum Gasteiger partial charge on any atom is 0.271 e. The van der Waals surface area contributed by atoms with Crippen LogP contribution in [-0.2, 0) is 13.6 Å². The zero-order valence-corrected chi connectivity index (χ0v) is 11.6. The smallest absolute Gasteiger partial charge is 0.271 e. The molecular weight excluding hydrogens is 246 g/mol. The van der Waals surface area contributed by atoms with Crippen LogP contribution >= 0.6 is 11.3 Å². The number of thiophene rings is 1. The van der Waals surface area contributed by atoms with E-state index >= 15 is 0 Å². The molecule has 96 valence electrons. The molecule has 2 rings (SSSR count). The highest BCUT2D eigenvalue weighted by atomic mass is 32.1. The van der Waals surface area contributed by atoms with Gasteiger partial charge in [0.15, 0.2) is 0 Å². The van der Waals surface area contributed by atoms with Crippen LogP contribution in [0.1, 0.15) is 19.4 Å². The van der Waals surface area contributed by atoms with Crippen molar-refractivity contribution in [2.75, 3.05) is 0 Å². The molecule has 2 aromatic heterocycles. The molecule has 5 heteroatoms. The van der Waals surface area contributed by atoms with E-state index in [1.165, 1.54) is 4.68 Å². The minimum absolute atomic E-state index is 0.0385. The summed E-state index contributed by atoms with van der Waals surface area (Å²) in [5, 5.41) is 9.56. The fourth-order valence-corrected chi connectivity index (χ4v) is 2.34. The van der Waals surface area contributed by atoms with Gasteiger partial charge in [-0.15, -0.1) is 11.3 Å². The second kappa shape index (κ2) is 5.46. The lowest BCUT2D eigenvalue weighted by molar-refractivity contribution is 0.577. The Morgan fingerprint density at radius 3 is 2.89 bits per heavy atom. The molecule has 0 aromatic carbocycles. The summed E-state index contributed by atoms with van der Waals surface area (Å²) in [6, 6.07) is 6.23. The zero-order chi connectivity index (χ0) is 13.1. The van der Waals surface area contributed by atoms with Gasteiger partial charge in [-0.25, -0.2) is 4.68 Å². The molecule has 0 aliphatic carbocycles. The molecule has 0 amide bonds. The topological polar surface area (TPSA) is 46.9 Å². The number of rotatable bonds is 4. The lowest BCUT2D eigenvalue weighted by Gasteiger charge is -2.09. The van der Waals surface area contributed by atoms with Crippen LogP contribution < -0.4 is 10.9 Å². The summed E-state index contributed by atoms with van der Waals surface area (Å²) in [7, 11) is 1.69. The number of nitrogens with zero attached hydrogens (tertiary/aromatic N) is 2. The molecule has 1 N–H and O–H groups in total. The lowest BCUT2D eigenvalue weighted by atomic mass is 10.2. The largest absolute Gasteiger partial charge is 0.310 e. The first-order valence-electron chi connectivity index (χ1n) is 5.92. The number of hydrogen-bond acceptors (Lipinski definition) is 4. The first-order valence-corrected chi connectivity index (χ1v) is 6.80. The van der Waals surface area contributed by atoms with Gasteiger partial charge in [-0.05, 0) is 17.5 Å². The molecule has 0 bridgehead atoms. The van der Waals surface area contributed by atoms with Gasteiger partial charge in [0.25, 0.3) is 5.56 Å². The fraction of sp³-hybridized carbons (Fsp3) is 0.385. The fourth-order valence-electron chi connectivity index (χ4n) is 1.66. The Morgan fingerprint density at radius 2 is 2.28 bits per heavy atom. The van der Waals surface area contributed by atoms with Crippen molar-refractivity contribution < 1.29 is 0 Å². The van der Waals surface area contributed by atoms with Crippen LogP contribution in [0.3, 0.4) is 0 Å². The third-order valence-electron chi connectivity index (χ3n) is 2.61. The third kappa shape index (κ3) is 2.86. The van der Waals surface area contributed by atoms with Gasteiger partial charge in [0, 0.05) is 25.2 Å². The number of aromatic nitrogens is 2. The molecule has 0 spiro atoms. The summed E-state index contributed by atoms with van der Waals surface area (Å²) in [6.07, 6.45) is 0. The Kier molecular flexibility index (Phi) is 3.93. The Morgan fingerprint density at radius 1 is 1.50 bits per heavy atom. The third-order valence-corrected chi connectivity index (χ3v) is 3.50. The predicted octanol–water partition coefficient (Wildman–Crippen LogP) is 2.01. The normalized spacial score (nSPS) is 11.1. The Bertz CT molecular complexity index is 572. The molecular formula is C13H17N3OS. The van der Waals surface area contributed by atoms with Gasteiger partial charge in [-0.3, -0.25) is 4.79 Å². The van der Waals surface area contributed by atoms with E-state index in [0.717, 1.165) is 16.1 Å². The molecule has 0 saturated heterocycles. The average molecular weight is 263 g/mol. The minimum atomic E-state index is -0.0385. The number of aryl methyl sites for hydroxylation is 1. The molecule has 2 aromatic rings. The molecule has 0 unspecified atom stereocenters. The molecule has 0 aliphatic rings. The maximum absolute atomic E-state index is 12.0. The molecule has 0 atom stereocenters. The highest BCUT2D eigenvalue weighted by Gasteiger charge is 2.08.